The summed E-state index contributed by atoms with van der Waals surface area (Å²) in [6, 6.07) is 3.88. The van der Waals surface area contributed by atoms with Gasteiger partial charge in [0.05, 0.1) is 29.3 Å². The Kier molecular flexibility index (Phi) is 6.64. The molecule has 7 nitrogen and oxygen atoms in total. The summed E-state index contributed by atoms with van der Waals surface area (Å²) in [5, 5.41) is 7.17. The molecule has 3 rings (SSSR count). The summed E-state index contributed by atoms with van der Waals surface area (Å²) in [6.45, 7) is 3.73. The average Bonchev–Trinajstić information content (AvgIpc) is 3.13. The number of hydrogen-bond donors (Lipinski definition) is 2. The van der Waals surface area contributed by atoms with Gasteiger partial charge in [-0.25, -0.2) is 18.1 Å². The van der Waals surface area contributed by atoms with Crippen molar-refractivity contribution in [2.24, 2.45) is 10.3 Å². The van der Waals surface area contributed by atoms with E-state index in [-0.39, 0.29) is 6.04 Å². The fourth-order valence-electron chi connectivity index (χ4n) is 3.52. The molecule has 0 amide bonds. The van der Waals surface area contributed by atoms with Crippen LogP contribution in [0.3, 0.4) is 0 Å². The molecule has 2 atom stereocenters. The summed E-state index contributed by atoms with van der Waals surface area (Å²) in [7, 11) is -2.16. The van der Waals surface area contributed by atoms with Crippen molar-refractivity contribution in [3.05, 3.63) is 36.4 Å². The first-order valence-corrected chi connectivity index (χ1v) is 11.9. The number of allylic oxidation sites excluding steroid dienone is 1. The fraction of sp³-hybridized carbons (Fsp3) is 0.450. The standard InChI is InChI=1S/C20H26F2N6OS/c1-13-8-14(27-30(2,3)29)12-28(11-13)15-6-7-24-17(9-15)18-10-25-19(26-18)5-4-16(23)20(21)22/h4-7,9-10,13-14,20,23H,8,11-12H2,1-3H3,(H,25,26)/b5-4-,23-16?. The van der Waals surface area contributed by atoms with Crippen LogP contribution in [0, 0.1) is 11.3 Å². The van der Waals surface area contributed by atoms with Gasteiger partial charge in [0, 0.05) is 47.2 Å². The van der Waals surface area contributed by atoms with Crippen LogP contribution >= 0.6 is 0 Å². The summed E-state index contributed by atoms with van der Waals surface area (Å²) < 4.78 is 41.5. The van der Waals surface area contributed by atoms with Crippen molar-refractivity contribution >= 4 is 27.2 Å². The van der Waals surface area contributed by atoms with E-state index < -0.39 is 21.9 Å². The average molecular weight is 437 g/mol. The molecule has 0 aliphatic carbocycles. The second kappa shape index (κ2) is 9.03. The molecule has 1 fully saturated rings. The molecule has 3 heterocycles. The Morgan fingerprint density at radius 2 is 2.17 bits per heavy atom. The highest BCUT2D eigenvalue weighted by atomic mass is 32.2. The number of hydrogen-bond acceptors (Lipinski definition) is 6. The van der Waals surface area contributed by atoms with Gasteiger partial charge < -0.3 is 9.88 Å². The number of piperidine rings is 1. The summed E-state index contributed by atoms with van der Waals surface area (Å²) in [6.07, 6.45) is 7.08. The normalized spacial score (nSPS) is 20.1. The molecule has 0 aromatic carbocycles. The number of H-pyrrole nitrogens is 1. The van der Waals surface area contributed by atoms with E-state index in [0.717, 1.165) is 24.7 Å². The number of aromatic amines is 1. The molecule has 1 aliphatic rings. The van der Waals surface area contributed by atoms with E-state index >= 15 is 0 Å². The van der Waals surface area contributed by atoms with Gasteiger partial charge in [0.15, 0.2) is 0 Å². The lowest BCUT2D eigenvalue weighted by Gasteiger charge is -2.36. The van der Waals surface area contributed by atoms with E-state index in [0.29, 0.717) is 29.7 Å². The van der Waals surface area contributed by atoms with Gasteiger partial charge >= 0.3 is 0 Å². The lowest BCUT2D eigenvalue weighted by Crippen LogP contribution is -2.42. The Bertz CT molecular complexity index is 1050. The number of halogens is 2. The second-order valence-corrected chi connectivity index (χ2v) is 10.4. The Hall–Kier alpha value is -2.62. The number of alkyl halides is 2. The Labute approximate surface area is 175 Å². The Morgan fingerprint density at radius 1 is 1.40 bits per heavy atom. The van der Waals surface area contributed by atoms with Crippen molar-refractivity contribution in [2.45, 2.75) is 25.8 Å². The van der Waals surface area contributed by atoms with Crippen LogP contribution in [0.25, 0.3) is 17.5 Å². The lowest BCUT2D eigenvalue weighted by atomic mass is 9.96. The summed E-state index contributed by atoms with van der Waals surface area (Å²) in [4.78, 5) is 13.8. The molecule has 0 radical (unpaired) electrons. The van der Waals surface area contributed by atoms with Crippen LogP contribution in [0.15, 0.2) is 35.0 Å². The first kappa shape index (κ1) is 22.1. The highest BCUT2D eigenvalue weighted by Gasteiger charge is 2.25. The topological polar surface area (TPSA) is 98.1 Å². The highest BCUT2D eigenvalue weighted by Crippen LogP contribution is 2.27. The predicted octanol–water partition coefficient (Wildman–Crippen LogP) is 3.71. The molecule has 0 bridgehead atoms. The smallest absolute Gasteiger partial charge is 0.279 e. The maximum Gasteiger partial charge on any atom is 0.279 e. The molecule has 2 N–H and O–H groups in total. The minimum absolute atomic E-state index is 0.0157. The molecule has 162 valence electrons. The molecule has 30 heavy (non-hydrogen) atoms. The van der Waals surface area contributed by atoms with Crippen molar-refractivity contribution in [3.8, 4) is 11.4 Å². The second-order valence-electron chi connectivity index (χ2n) is 7.86. The van der Waals surface area contributed by atoms with Crippen LogP contribution in [-0.2, 0) is 9.73 Å². The van der Waals surface area contributed by atoms with Crippen LogP contribution in [0.1, 0.15) is 19.2 Å². The number of rotatable bonds is 6. The fourth-order valence-corrected chi connectivity index (χ4v) is 4.39. The van der Waals surface area contributed by atoms with E-state index in [1.807, 2.05) is 12.1 Å². The Balaban J connectivity index is 1.80. The van der Waals surface area contributed by atoms with Crippen molar-refractivity contribution in [3.63, 3.8) is 0 Å². The first-order valence-electron chi connectivity index (χ1n) is 9.58. The van der Waals surface area contributed by atoms with Gasteiger partial charge in [-0.2, -0.15) is 0 Å². The quantitative estimate of drug-likeness (QED) is 0.675. The van der Waals surface area contributed by atoms with E-state index in [1.54, 1.807) is 24.9 Å². The number of aromatic nitrogens is 3. The molecule has 2 unspecified atom stereocenters. The lowest BCUT2D eigenvalue weighted by molar-refractivity contribution is 0.226. The molecule has 2 aromatic rings. The van der Waals surface area contributed by atoms with Gasteiger partial charge in [0.2, 0.25) is 0 Å². The van der Waals surface area contributed by atoms with Crippen molar-refractivity contribution in [1.82, 2.24) is 15.0 Å². The molecular formula is C20H26F2N6OS. The van der Waals surface area contributed by atoms with Crippen molar-refractivity contribution in [1.29, 1.82) is 5.41 Å². The molecule has 0 spiro atoms. The minimum atomic E-state index is -2.81. The van der Waals surface area contributed by atoms with Crippen molar-refractivity contribution in [2.75, 3.05) is 30.5 Å². The maximum absolute atomic E-state index is 12.4. The molecular weight excluding hydrogens is 410 g/mol. The third-order valence-electron chi connectivity index (χ3n) is 4.68. The van der Waals surface area contributed by atoms with E-state index in [9.17, 15) is 13.0 Å². The van der Waals surface area contributed by atoms with Crippen LogP contribution in [-0.4, -0.2) is 62.9 Å². The van der Waals surface area contributed by atoms with Crippen LogP contribution < -0.4 is 4.90 Å². The summed E-state index contributed by atoms with van der Waals surface area (Å²) >= 11 is 0. The van der Waals surface area contributed by atoms with E-state index in [1.165, 1.54) is 6.08 Å². The number of pyridine rings is 1. The maximum atomic E-state index is 12.4. The minimum Gasteiger partial charge on any atom is -0.369 e. The number of anilines is 1. The molecule has 10 heteroatoms. The van der Waals surface area contributed by atoms with Gasteiger partial charge in [0.25, 0.3) is 6.43 Å². The summed E-state index contributed by atoms with van der Waals surface area (Å²) in [5.41, 5.74) is 1.54. The summed E-state index contributed by atoms with van der Waals surface area (Å²) in [5.74, 6) is 0.786. The highest BCUT2D eigenvalue weighted by molar-refractivity contribution is 7.92. The third-order valence-corrected chi connectivity index (χ3v) is 5.48. The van der Waals surface area contributed by atoms with Crippen LogP contribution in [0.5, 0.6) is 0 Å². The van der Waals surface area contributed by atoms with Gasteiger partial charge in [-0.15, -0.1) is 0 Å². The number of nitrogens with one attached hydrogen (secondary N) is 2. The largest absolute Gasteiger partial charge is 0.369 e. The Morgan fingerprint density at radius 3 is 2.87 bits per heavy atom. The third kappa shape index (κ3) is 5.94. The van der Waals surface area contributed by atoms with Gasteiger partial charge in [-0.3, -0.25) is 14.6 Å². The molecule has 1 aliphatic heterocycles. The van der Waals surface area contributed by atoms with Crippen molar-refractivity contribution < 1.29 is 13.0 Å². The zero-order chi connectivity index (χ0) is 21.9. The monoisotopic (exact) mass is 436 g/mol. The van der Waals surface area contributed by atoms with Crippen LogP contribution in [0.2, 0.25) is 0 Å². The first-order chi connectivity index (χ1) is 14.1. The molecule has 2 aromatic heterocycles. The molecule has 0 saturated carbocycles. The van der Waals surface area contributed by atoms with Gasteiger partial charge in [-0.05, 0) is 36.6 Å². The van der Waals surface area contributed by atoms with E-state index in [4.69, 9.17) is 5.41 Å². The van der Waals surface area contributed by atoms with Gasteiger partial charge in [-0.1, -0.05) is 6.92 Å². The molecule has 1 saturated heterocycles. The predicted molar refractivity (Wildman–Crippen MR) is 117 cm³/mol. The zero-order valence-corrected chi connectivity index (χ0v) is 18.0. The van der Waals surface area contributed by atoms with Gasteiger partial charge in [0.1, 0.15) is 5.82 Å². The van der Waals surface area contributed by atoms with Crippen LogP contribution in [0.4, 0.5) is 14.5 Å². The number of imidazole rings is 1. The SMILES string of the molecule is CC1CC(N=S(C)(C)=O)CN(c2ccnc(-c3cnc(/C=C\C(=N)C(F)F)[nH]3)c2)C1. The zero-order valence-electron chi connectivity index (χ0n) is 17.2. The van der Waals surface area contributed by atoms with E-state index in [2.05, 4.69) is 31.1 Å². The number of nitrogens with zero attached hydrogens (tertiary/aromatic N) is 4.